The second-order valence-corrected chi connectivity index (χ2v) is 10.2. The summed E-state index contributed by atoms with van der Waals surface area (Å²) >= 11 is 0. The molecule has 0 fully saturated rings. The minimum absolute atomic E-state index is 0. The van der Waals surface area contributed by atoms with Gasteiger partial charge in [0.1, 0.15) is 0 Å². The van der Waals surface area contributed by atoms with E-state index in [-0.39, 0.29) is 4.70 Å². The highest BCUT2D eigenvalue weighted by molar-refractivity contribution is 4.51. The van der Waals surface area contributed by atoms with E-state index in [4.69, 9.17) is 0 Å². The summed E-state index contributed by atoms with van der Waals surface area (Å²) in [5.41, 5.74) is 0. The fourth-order valence-corrected chi connectivity index (χ4v) is 4.69. The van der Waals surface area contributed by atoms with Crippen molar-refractivity contribution in [1.82, 2.24) is 0 Å². The van der Waals surface area contributed by atoms with Crippen molar-refractivity contribution in [3.63, 3.8) is 0 Å². The van der Waals surface area contributed by atoms with Crippen molar-refractivity contribution >= 4 is 0 Å². The van der Waals surface area contributed by atoms with Crippen LogP contribution in [0.1, 0.15) is 156 Å². The second kappa shape index (κ2) is 25.2. The molecule has 0 aliphatic heterocycles. The van der Waals surface area contributed by atoms with Gasteiger partial charge in [0.15, 0.2) is 0 Å². The lowest BCUT2D eigenvalue weighted by molar-refractivity contribution is -0.910. The van der Waals surface area contributed by atoms with Crippen molar-refractivity contribution in [2.75, 3.05) is 26.7 Å². The van der Waals surface area contributed by atoms with Gasteiger partial charge in [-0.2, -0.15) is 0 Å². The number of nitrogens with zero attached hydrogens (tertiary/aromatic N) is 1. The van der Waals surface area contributed by atoms with Crippen LogP contribution in [0, 0.1) is 0 Å². The van der Waals surface area contributed by atoms with E-state index in [1.165, 1.54) is 159 Å². The van der Waals surface area contributed by atoms with Gasteiger partial charge in [0, 0.05) is 0 Å². The van der Waals surface area contributed by atoms with Gasteiger partial charge >= 0.3 is 0 Å². The number of quaternary nitrogens is 1. The van der Waals surface area contributed by atoms with Gasteiger partial charge in [0.05, 0.1) is 26.7 Å². The number of halogens is 1. The van der Waals surface area contributed by atoms with Crippen molar-refractivity contribution in [3.05, 3.63) is 0 Å². The van der Waals surface area contributed by atoms with Crippen molar-refractivity contribution in [1.29, 1.82) is 0 Å². The smallest absolute Gasteiger partial charge is 0.0784 e. The first-order chi connectivity index (χ1) is 14.2. The highest BCUT2D eigenvalue weighted by Gasteiger charge is 2.20. The van der Waals surface area contributed by atoms with Crippen LogP contribution in [0.3, 0.4) is 0 Å². The average molecular weight is 430 g/mol. The minimum atomic E-state index is 0. The van der Waals surface area contributed by atoms with Gasteiger partial charge in [-0.15, -0.1) is 0 Å². The van der Waals surface area contributed by atoms with E-state index in [0.717, 1.165) is 0 Å². The van der Waals surface area contributed by atoms with Gasteiger partial charge in [-0.25, -0.2) is 0 Å². The van der Waals surface area contributed by atoms with E-state index in [0.29, 0.717) is 0 Å². The van der Waals surface area contributed by atoms with Crippen LogP contribution in [-0.4, -0.2) is 31.2 Å². The van der Waals surface area contributed by atoms with E-state index in [1.807, 2.05) is 0 Å². The maximum absolute atomic E-state index is 2.57. The SMILES string of the molecule is CCCCCCCCC[N+](C)(CCCCCCCCC)CCCCCCCCC.[F-]. The molecule has 0 N–H and O–H groups in total. The monoisotopic (exact) mass is 429 g/mol. The third-order valence-electron chi connectivity index (χ3n) is 6.90. The summed E-state index contributed by atoms with van der Waals surface area (Å²) < 4.78 is 1.36. The van der Waals surface area contributed by atoms with Crippen molar-refractivity contribution in [2.45, 2.75) is 156 Å². The van der Waals surface area contributed by atoms with E-state index in [1.54, 1.807) is 0 Å². The molecule has 1 nitrogen and oxygen atoms in total. The highest BCUT2D eigenvalue weighted by atomic mass is 19.0. The van der Waals surface area contributed by atoms with Crippen LogP contribution in [0.25, 0.3) is 0 Å². The van der Waals surface area contributed by atoms with Crippen LogP contribution in [0.5, 0.6) is 0 Å². The van der Waals surface area contributed by atoms with Gasteiger partial charge in [0.25, 0.3) is 0 Å². The molecule has 0 aliphatic carbocycles. The first kappa shape index (κ1) is 32.1. The van der Waals surface area contributed by atoms with Gasteiger partial charge in [-0.3, -0.25) is 0 Å². The molecule has 0 heterocycles. The lowest BCUT2D eigenvalue weighted by Crippen LogP contribution is -3.00. The molecule has 0 amide bonds. The number of unbranched alkanes of at least 4 members (excludes halogenated alkanes) is 18. The van der Waals surface area contributed by atoms with Crippen LogP contribution in [0.2, 0.25) is 0 Å². The molecule has 0 aromatic heterocycles. The quantitative estimate of drug-likeness (QED) is 0.118. The van der Waals surface area contributed by atoms with E-state index in [9.17, 15) is 0 Å². The standard InChI is InChI=1S/C28H60N.FH/c1-5-8-11-14-17-20-23-26-29(4,27-24-21-18-15-12-9-6-2)28-25-22-19-16-13-10-7-3;/h5-28H2,1-4H3;1H/q+1;/p-1. The zero-order chi connectivity index (χ0) is 21.5. The Morgan fingerprint density at radius 2 is 0.533 bits per heavy atom. The summed E-state index contributed by atoms with van der Waals surface area (Å²) in [5, 5.41) is 0. The fraction of sp³-hybridized carbons (Fsp3) is 1.00. The third-order valence-corrected chi connectivity index (χ3v) is 6.90. The second-order valence-electron chi connectivity index (χ2n) is 10.2. The number of hydrogen-bond donors (Lipinski definition) is 0. The molecule has 184 valence electrons. The zero-order valence-corrected chi connectivity index (χ0v) is 21.8. The normalized spacial score (nSPS) is 11.6. The topological polar surface area (TPSA) is 0 Å². The molecule has 0 spiro atoms. The van der Waals surface area contributed by atoms with E-state index < -0.39 is 0 Å². The lowest BCUT2D eigenvalue weighted by Gasteiger charge is -2.35. The van der Waals surface area contributed by atoms with Crippen LogP contribution in [0.15, 0.2) is 0 Å². The van der Waals surface area contributed by atoms with Crippen LogP contribution in [0.4, 0.5) is 0 Å². The maximum atomic E-state index is 2.57. The fourth-order valence-electron chi connectivity index (χ4n) is 4.69. The first-order valence-electron chi connectivity index (χ1n) is 14.0. The lowest BCUT2D eigenvalue weighted by atomic mass is 10.1. The predicted molar refractivity (Wildman–Crippen MR) is 135 cm³/mol. The molecule has 0 saturated carbocycles. The predicted octanol–water partition coefficient (Wildman–Crippen LogP) is 6.69. The molecule has 0 saturated heterocycles. The van der Waals surface area contributed by atoms with Crippen LogP contribution >= 0.6 is 0 Å². The molecule has 2 heteroatoms. The maximum Gasteiger partial charge on any atom is 0.0784 e. The minimum Gasteiger partial charge on any atom is -1.00 e. The summed E-state index contributed by atoms with van der Waals surface area (Å²) in [5.74, 6) is 0. The largest absolute Gasteiger partial charge is 1.00 e. The van der Waals surface area contributed by atoms with Crippen LogP contribution in [-0.2, 0) is 0 Å². The summed E-state index contributed by atoms with van der Waals surface area (Å²) in [6.45, 7) is 11.2. The van der Waals surface area contributed by atoms with Crippen molar-refractivity contribution in [3.8, 4) is 0 Å². The Hall–Kier alpha value is -0.110. The Balaban J connectivity index is 0. The summed E-state index contributed by atoms with van der Waals surface area (Å²) in [7, 11) is 2.57. The Kier molecular flexibility index (Phi) is 26.9. The summed E-state index contributed by atoms with van der Waals surface area (Å²) in [4.78, 5) is 0. The van der Waals surface area contributed by atoms with Gasteiger partial charge in [-0.05, 0) is 38.5 Å². The zero-order valence-electron chi connectivity index (χ0n) is 21.8. The third kappa shape index (κ3) is 22.6. The van der Waals surface area contributed by atoms with Crippen molar-refractivity contribution in [2.24, 2.45) is 0 Å². The molecule has 0 unspecified atom stereocenters. The molecular formula is C28H60FN. The molecule has 0 aromatic rings. The average Bonchev–Trinajstić information content (AvgIpc) is 2.72. The summed E-state index contributed by atoms with van der Waals surface area (Å²) in [6.07, 6.45) is 30.3. The molecule has 30 heavy (non-hydrogen) atoms. The molecule has 0 radical (unpaired) electrons. The van der Waals surface area contributed by atoms with Crippen molar-refractivity contribution < 1.29 is 9.19 Å². The Morgan fingerprint density at radius 1 is 0.333 bits per heavy atom. The highest BCUT2D eigenvalue weighted by Crippen LogP contribution is 2.16. The first-order valence-corrected chi connectivity index (χ1v) is 14.0. The molecule has 0 rings (SSSR count). The van der Waals surface area contributed by atoms with Gasteiger partial charge in [0.2, 0.25) is 0 Å². The molecule has 0 aromatic carbocycles. The Bertz CT molecular complexity index is 259. The molecular weight excluding hydrogens is 369 g/mol. The summed E-state index contributed by atoms with van der Waals surface area (Å²) in [6, 6.07) is 0. The van der Waals surface area contributed by atoms with Gasteiger partial charge in [-0.1, -0.05) is 117 Å². The Morgan fingerprint density at radius 3 is 0.767 bits per heavy atom. The number of hydrogen-bond acceptors (Lipinski definition) is 0. The Labute approximate surface area is 191 Å². The van der Waals surface area contributed by atoms with E-state index in [2.05, 4.69) is 27.8 Å². The number of rotatable bonds is 24. The molecule has 0 aliphatic rings. The van der Waals surface area contributed by atoms with Gasteiger partial charge < -0.3 is 9.19 Å². The molecule has 0 bridgehead atoms. The molecule has 0 atom stereocenters. The van der Waals surface area contributed by atoms with Crippen LogP contribution < -0.4 is 4.70 Å². The van der Waals surface area contributed by atoms with E-state index >= 15 is 0 Å².